The van der Waals surface area contributed by atoms with E-state index in [4.69, 9.17) is 0 Å². The van der Waals surface area contributed by atoms with Crippen LogP contribution in [0.1, 0.15) is 27.2 Å². The average molecular weight is 206 g/mol. The molecule has 1 aliphatic rings. The molecule has 1 N–H and O–H groups in total. The van der Waals surface area contributed by atoms with Gasteiger partial charge in [0, 0.05) is 24.7 Å². The lowest BCUT2D eigenvalue weighted by Gasteiger charge is -2.32. The fourth-order valence-corrected chi connectivity index (χ4v) is 1.52. The third-order valence-electron chi connectivity index (χ3n) is 2.34. The third-order valence-corrected chi connectivity index (χ3v) is 2.34. The molecular formula is C11H18N4. The first-order chi connectivity index (χ1) is 7.04. The fourth-order valence-electron chi connectivity index (χ4n) is 1.52. The van der Waals surface area contributed by atoms with Gasteiger partial charge in [0.25, 0.3) is 0 Å². The van der Waals surface area contributed by atoms with Gasteiger partial charge < -0.3 is 10.2 Å². The van der Waals surface area contributed by atoms with E-state index in [-0.39, 0.29) is 5.54 Å². The minimum absolute atomic E-state index is 0.0422. The predicted octanol–water partition coefficient (Wildman–Crippen LogP) is 1.90. The zero-order chi connectivity index (χ0) is 10.9. The lowest BCUT2D eigenvalue weighted by molar-refractivity contribution is 0.606. The second-order valence-electron chi connectivity index (χ2n) is 4.98. The Bertz CT molecular complexity index is 339. The van der Waals surface area contributed by atoms with Crippen molar-refractivity contribution in [1.29, 1.82) is 0 Å². The molecule has 4 nitrogen and oxygen atoms in total. The molecule has 0 spiro atoms. The normalized spacial score (nSPS) is 16.1. The van der Waals surface area contributed by atoms with Gasteiger partial charge in [-0.3, -0.25) is 0 Å². The fraction of sp³-hybridized carbons (Fsp3) is 0.636. The maximum atomic E-state index is 4.27. The Morgan fingerprint density at radius 2 is 2.00 bits per heavy atom. The van der Waals surface area contributed by atoms with Crippen LogP contribution in [0.3, 0.4) is 0 Å². The molecule has 1 aromatic rings. The van der Waals surface area contributed by atoms with E-state index < -0.39 is 0 Å². The topological polar surface area (TPSA) is 41.0 Å². The van der Waals surface area contributed by atoms with Gasteiger partial charge in [-0.05, 0) is 27.2 Å². The van der Waals surface area contributed by atoms with Gasteiger partial charge in [-0.15, -0.1) is 0 Å². The molecule has 2 rings (SSSR count). The predicted molar refractivity (Wildman–Crippen MR) is 62.2 cm³/mol. The van der Waals surface area contributed by atoms with Crippen molar-refractivity contribution < 1.29 is 0 Å². The molecular weight excluding hydrogens is 188 g/mol. The maximum Gasteiger partial charge on any atom is 0.134 e. The molecule has 0 radical (unpaired) electrons. The van der Waals surface area contributed by atoms with Crippen molar-refractivity contribution >= 4 is 11.6 Å². The second kappa shape index (κ2) is 3.68. The number of aromatic nitrogens is 2. The van der Waals surface area contributed by atoms with Crippen molar-refractivity contribution in [3.8, 4) is 0 Å². The molecule has 0 saturated carbocycles. The molecule has 0 bridgehead atoms. The van der Waals surface area contributed by atoms with Crippen LogP contribution < -0.4 is 10.2 Å². The number of rotatable bonds is 2. The highest BCUT2D eigenvalue weighted by Gasteiger charge is 2.17. The molecule has 4 heteroatoms. The molecule has 1 aromatic heterocycles. The molecule has 0 amide bonds. The largest absolute Gasteiger partial charge is 0.365 e. The van der Waals surface area contributed by atoms with Gasteiger partial charge in [0.15, 0.2) is 0 Å². The van der Waals surface area contributed by atoms with E-state index in [1.54, 1.807) is 6.33 Å². The standard InChI is InChI=1S/C11H18N4/c1-11(2,3)14-9-7-10(13-8-12-9)15-5-4-6-15/h7-8H,4-6H2,1-3H3,(H,12,13,14). The van der Waals surface area contributed by atoms with Crippen LogP contribution >= 0.6 is 0 Å². The second-order valence-corrected chi connectivity index (χ2v) is 4.98. The summed E-state index contributed by atoms with van der Waals surface area (Å²) >= 11 is 0. The van der Waals surface area contributed by atoms with Crippen LogP contribution in [-0.2, 0) is 0 Å². The smallest absolute Gasteiger partial charge is 0.134 e. The molecule has 1 saturated heterocycles. The molecule has 82 valence electrons. The van der Waals surface area contributed by atoms with Crippen LogP contribution in [0.15, 0.2) is 12.4 Å². The molecule has 15 heavy (non-hydrogen) atoms. The summed E-state index contributed by atoms with van der Waals surface area (Å²) in [5, 5.41) is 3.35. The quantitative estimate of drug-likeness (QED) is 0.802. The number of nitrogens with one attached hydrogen (secondary N) is 1. The van der Waals surface area contributed by atoms with E-state index >= 15 is 0 Å². The van der Waals surface area contributed by atoms with Gasteiger partial charge in [0.05, 0.1) is 0 Å². The van der Waals surface area contributed by atoms with E-state index in [1.165, 1.54) is 6.42 Å². The lowest BCUT2D eigenvalue weighted by Crippen LogP contribution is -2.37. The van der Waals surface area contributed by atoms with Crippen molar-refractivity contribution in [2.45, 2.75) is 32.7 Å². The van der Waals surface area contributed by atoms with Gasteiger partial charge in [-0.25, -0.2) is 9.97 Å². The summed E-state index contributed by atoms with van der Waals surface area (Å²) in [4.78, 5) is 10.7. The number of hydrogen-bond acceptors (Lipinski definition) is 4. The van der Waals surface area contributed by atoms with E-state index in [0.717, 1.165) is 24.7 Å². The van der Waals surface area contributed by atoms with Crippen LogP contribution in [0.25, 0.3) is 0 Å². The first-order valence-electron chi connectivity index (χ1n) is 5.40. The minimum Gasteiger partial charge on any atom is -0.365 e. The van der Waals surface area contributed by atoms with E-state index in [1.807, 2.05) is 6.07 Å². The maximum absolute atomic E-state index is 4.27. The van der Waals surface area contributed by atoms with E-state index in [2.05, 4.69) is 41.0 Å². The monoisotopic (exact) mass is 206 g/mol. The number of anilines is 2. The van der Waals surface area contributed by atoms with Gasteiger partial charge in [-0.1, -0.05) is 0 Å². The van der Waals surface area contributed by atoms with Crippen molar-refractivity contribution in [1.82, 2.24) is 9.97 Å². The van der Waals surface area contributed by atoms with Crippen LogP contribution in [0.4, 0.5) is 11.6 Å². The highest BCUT2D eigenvalue weighted by atomic mass is 15.2. The SMILES string of the molecule is CC(C)(C)Nc1cc(N2CCC2)ncn1. The molecule has 1 fully saturated rings. The van der Waals surface area contributed by atoms with Crippen molar-refractivity contribution in [3.05, 3.63) is 12.4 Å². The Morgan fingerprint density at radius 3 is 2.53 bits per heavy atom. The summed E-state index contributed by atoms with van der Waals surface area (Å²) in [6.07, 6.45) is 2.90. The van der Waals surface area contributed by atoms with Crippen LogP contribution in [0.2, 0.25) is 0 Å². The van der Waals surface area contributed by atoms with Crippen molar-refractivity contribution in [2.75, 3.05) is 23.3 Å². The first-order valence-corrected chi connectivity index (χ1v) is 5.40. The van der Waals surface area contributed by atoms with Crippen molar-refractivity contribution in [2.24, 2.45) is 0 Å². The average Bonchev–Trinajstić information content (AvgIpc) is 1.97. The first kappa shape index (κ1) is 10.2. The summed E-state index contributed by atoms with van der Waals surface area (Å²) in [6.45, 7) is 8.60. The molecule has 0 atom stereocenters. The third kappa shape index (κ3) is 2.58. The van der Waals surface area contributed by atoms with E-state index in [0.29, 0.717) is 0 Å². The zero-order valence-electron chi connectivity index (χ0n) is 9.62. The summed E-state index contributed by atoms with van der Waals surface area (Å²) in [5.41, 5.74) is 0.0422. The Morgan fingerprint density at radius 1 is 1.27 bits per heavy atom. The Hall–Kier alpha value is -1.32. The number of hydrogen-bond donors (Lipinski definition) is 1. The summed E-state index contributed by atoms with van der Waals surface area (Å²) < 4.78 is 0. The minimum atomic E-state index is 0.0422. The van der Waals surface area contributed by atoms with Gasteiger partial charge in [0.1, 0.15) is 18.0 Å². The van der Waals surface area contributed by atoms with Gasteiger partial charge in [-0.2, -0.15) is 0 Å². The van der Waals surface area contributed by atoms with Gasteiger partial charge in [0.2, 0.25) is 0 Å². The van der Waals surface area contributed by atoms with Crippen LogP contribution in [-0.4, -0.2) is 28.6 Å². The van der Waals surface area contributed by atoms with Crippen LogP contribution in [0.5, 0.6) is 0 Å². The van der Waals surface area contributed by atoms with Crippen LogP contribution in [0, 0.1) is 0 Å². The van der Waals surface area contributed by atoms with Crippen molar-refractivity contribution in [3.63, 3.8) is 0 Å². The van der Waals surface area contributed by atoms with Gasteiger partial charge >= 0.3 is 0 Å². The Kier molecular flexibility index (Phi) is 2.50. The summed E-state index contributed by atoms with van der Waals surface area (Å²) in [6, 6.07) is 2.02. The zero-order valence-corrected chi connectivity index (χ0v) is 9.62. The highest BCUT2D eigenvalue weighted by molar-refractivity contribution is 5.50. The summed E-state index contributed by atoms with van der Waals surface area (Å²) in [7, 11) is 0. The molecule has 1 aliphatic heterocycles. The molecule has 0 aromatic carbocycles. The molecule has 2 heterocycles. The highest BCUT2D eigenvalue weighted by Crippen LogP contribution is 2.20. The number of nitrogens with zero attached hydrogens (tertiary/aromatic N) is 3. The lowest BCUT2D eigenvalue weighted by atomic mass is 10.1. The Labute approximate surface area is 90.7 Å². The van der Waals surface area contributed by atoms with E-state index in [9.17, 15) is 0 Å². The molecule has 0 aliphatic carbocycles. The molecule has 0 unspecified atom stereocenters. The summed E-state index contributed by atoms with van der Waals surface area (Å²) in [5.74, 6) is 1.93. The Balaban J connectivity index is 2.11.